The number of nitrogens with zero attached hydrogens (tertiary/aromatic N) is 6. The van der Waals surface area contributed by atoms with Crippen LogP contribution in [-0.2, 0) is 12.7 Å². The fourth-order valence-electron chi connectivity index (χ4n) is 4.78. The van der Waals surface area contributed by atoms with Crippen molar-refractivity contribution in [2.75, 3.05) is 25.0 Å². The number of hydrogen-bond donors (Lipinski definition) is 0. The lowest BCUT2D eigenvalue weighted by Crippen LogP contribution is -2.43. The summed E-state index contributed by atoms with van der Waals surface area (Å²) in [4.78, 5) is 12.7. The third-order valence-corrected chi connectivity index (χ3v) is 6.63. The maximum atomic E-state index is 13.5. The van der Waals surface area contributed by atoms with E-state index in [-0.39, 0.29) is 18.2 Å². The van der Waals surface area contributed by atoms with E-state index < -0.39 is 17.6 Å². The average molecular weight is 497 g/mol. The Morgan fingerprint density at radius 2 is 1.64 bits per heavy atom. The van der Waals surface area contributed by atoms with Gasteiger partial charge in [0.25, 0.3) is 0 Å². The van der Waals surface area contributed by atoms with Crippen LogP contribution in [-0.4, -0.2) is 51.2 Å². The molecule has 1 fully saturated rings. The summed E-state index contributed by atoms with van der Waals surface area (Å²) in [5.74, 6) is 0.386. The molecule has 1 aliphatic rings. The molecule has 6 nitrogen and oxygen atoms in total. The van der Waals surface area contributed by atoms with E-state index in [1.165, 1.54) is 6.07 Å². The molecule has 36 heavy (non-hydrogen) atoms. The van der Waals surface area contributed by atoms with E-state index in [9.17, 15) is 17.6 Å². The van der Waals surface area contributed by atoms with Crippen molar-refractivity contribution < 1.29 is 17.6 Å². The Labute approximate surface area is 205 Å². The first-order valence-electron chi connectivity index (χ1n) is 11.6. The standard InChI is InChI=1S/C26H24F4N6/c1-35(16-17-7-8-18(27)15-22(17)26(28,29)30)19-9-13-36(14-10-19)25-21-6-3-2-5-20(21)23(33-34-25)24-31-11-4-12-32-24/h2-8,11-12,15,19H,9-10,13-14,16H2,1H3. The van der Waals surface area contributed by atoms with Gasteiger partial charge < -0.3 is 4.90 Å². The van der Waals surface area contributed by atoms with Gasteiger partial charge in [-0.25, -0.2) is 14.4 Å². The van der Waals surface area contributed by atoms with Crippen molar-refractivity contribution in [3.8, 4) is 11.5 Å². The Hall–Kier alpha value is -3.66. The van der Waals surface area contributed by atoms with Crippen molar-refractivity contribution in [2.45, 2.75) is 31.6 Å². The second kappa shape index (κ2) is 9.77. The molecule has 0 atom stereocenters. The number of benzene rings is 2. The first-order valence-corrected chi connectivity index (χ1v) is 11.6. The fraction of sp³-hybridized carbons (Fsp3) is 0.308. The smallest absolute Gasteiger partial charge is 0.354 e. The lowest BCUT2D eigenvalue weighted by Gasteiger charge is -2.37. The number of alkyl halides is 3. The molecule has 0 saturated carbocycles. The number of fused-ring (bicyclic) bond motifs is 1. The molecule has 186 valence electrons. The van der Waals surface area contributed by atoms with Crippen molar-refractivity contribution in [1.82, 2.24) is 25.1 Å². The predicted octanol–water partition coefficient (Wildman–Crippen LogP) is 5.35. The van der Waals surface area contributed by atoms with Crippen molar-refractivity contribution in [2.24, 2.45) is 0 Å². The summed E-state index contributed by atoms with van der Waals surface area (Å²) < 4.78 is 53.7. The summed E-state index contributed by atoms with van der Waals surface area (Å²) in [6.45, 7) is 1.46. The Morgan fingerprint density at radius 1 is 0.944 bits per heavy atom. The van der Waals surface area contributed by atoms with Crippen LogP contribution in [0.25, 0.3) is 22.3 Å². The highest BCUT2D eigenvalue weighted by atomic mass is 19.4. The SMILES string of the molecule is CN(Cc1ccc(F)cc1C(F)(F)F)C1CCN(c2nnc(-c3ncccn3)c3ccccc23)CC1. The number of anilines is 1. The lowest BCUT2D eigenvalue weighted by atomic mass is 10.0. The molecular weight excluding hydrogens is 472 g/mol. The van der Waals surface area contributed by atoms with Gasteiger partial charge >= 0.3 is 6.18 Å². The van der Waals surface area contributed by atoms with Gasteiger partial charge in [-0.05, 0) is 43.7 Å². The summed E-state index contributed by atoms with van der Waals surface area (Å²) in [6, 6.07) is 12.6. The van der Waals surface area contributed by atoms with Crippen LogP contribution in [0.3, 0.4) is 0 Å². The summed E-state index contributed by atoms with van der Waals surface area (Å²) in [7, 11) is 1.81. The highest BCUT2D eigenvalue weighted by Gasteiger charge is 2.34. The number of hydrogen-bond acceptors (Lipinski definition) is 6. The topological polar surface area (TPSA) is 58.0 Å². The van der Waals surface area contributed by atoms with Crippen molar-refractivity contribution >= 4 is 16.6 Å². The van der Waals surface area contributed by atoms with E-state index >= 15 is 0 Å². The predicted molar refractivity (Wildman–Crippen MR) is 129 cm³/mol. The lowest BCUT2D eigenvalue weighted by molar-refractivity contribution is -0.138. The van der Waals surface area contributed by atoms with E-state index in [0.717, 1.165) is 35.5 Å². The summed E-state index contributed by atoms with van der Waals surface area (Å²) >= 11 is 0. The number of piperidine rings is 1. The van der Waals surface area contributed by atoms with Crippen LogP contribution in [0, 0.1) is 5.82 Å². The Bertz CT molecular complexity index is 1350. The third kappa shape index (κ3) is 4.86. The minimum Gasteiger partial charge on any atom is -0.354 e. The highest BCUT2D eigenvalue weighted by Crippen LogP contribution is 2.34. The monoisotopic (exact) mass is 496 g/mol. The van der Waals surface area contributed by atoms with Crippen LogP contribution in [0.15, 0.2) is 60.9 Å². The number of halogens is 4. The van der Waals surface area contributed by atoms with Crippen molar-refractivity contribution in [3.05, 3.63) is 77.9 Å². The van der Waals surface area contributed by atoms with E-state index in [1.807, 2.05) is 36.2 Å². The summed E-state index contributed by atoms with van der Waals surface area (Å²) in [5, 5.41) is 10.8. The largest absolute Gasteiger partial charge is 0.416 e. The maximum Gasteiger partial charge on any atom is 0.416 e. The molecule has 4 aromatic rings. The molecule has 3 heterocycles. The second-order valence-corrected chi connectivity index (χ2v) is 8.92. The highest BCUT2D eigenvalue weighted by molar-refractivity contribution is 5.99. The molecule has 1 aliphatic heterocycles. The van der Waals surface area contributed by atoms with E-state index in [2.05, 4.69) is 25.1 Å². The van der Waals surface area contributed by atoms with Crippen LogP contribution in [0.1, 0.15) is 24.0 Å². The molecule has 0 bridgehead atoms. The number of rotatable bonds is 5. The minimum atomic E-state index is -4.60. The molecule has 2 aromatic heterocycles. The molecular formula is C26H24F4N6. The van der Waals surface area contributed by atoms with Gasteiger partial charge in [0.1, 0.15) is 11.5 Å². The molecule has 5 rings (SSSR count). The first kappa shape index (κ1) is 24.1. The molecule has 0 radical (unpaired) electrons. The second-order valence-electron chi connectivity index (χ2n) is 8.92. The van der Waals surface area contributed by atoms with Crippen LogP contribution in [0.2, 0.25) is 0 Å². The quantitative estimate of drug-likeness (QED) is 0.348. The molecule has 0 N–H and O–H groups in total. The van der Waals surface area contributed by atoms with Gasteiger partial charge in [-0.2, -0.15) is 13.2 Å². The zero-order valence-electron chi connectivity index (χ0n) is 19.6. The van der Waals surface area contributed by atoms with Gasteiger partial charge in [0.2, 0.25) is 0 Å². The Kier molecular flexibility index (Phi) is 6.53. The van der Waals surface area contributed by atoms with E-state index in [1.54, 1.807) is 18.5 Å². The molecule has 0 unspecified atom stereocenters. The Balaban J connectivity index is 1.32. The van der Waals surface area contributed by atoms with Gasteiger partial charge in [0.05, 0.1) is 5.56 Å². The van der Waals surface area contributed by atoms with Gasteiger partial charge in [0, 0.05) is 48.8 Å². The van der Waals surface area contributed by atoms with Crippen molar-refractivity contribution in [3.63, 3.8) is 0 Å². The van der Waals surface area contributed by atoms with Crippen LogP contribution >= 0.6 is 0 Å². The van der Waals surface area contributed by atoms with Gasteiger partial charge in [-0.1, -0.05) is 30.3 Å². The molecule has 0 aliphatic carbocycles. The number of aromatic nitrogens is 4. The molecule has 0 amide bonds. The zero-order valence-corrected chi connectivity index (χ0v) is 19.6. The molecule has 0 spiro atoms. The minimum absolute atomic E-state index is 0.0735. The fourth-order valence-corrected chi connectivity index (χ4v) is 4.78. The van der Waals surface area contributed by atoms with Gasteiger partial charge in [-0.3, -0.25) is 4.90 Å². The maximum absolute atomic E-state index is 13.5. The molecule has 10 heteroatoms. The van der Waals surface area contributed by atoms with Crippen LogP contribution in [0.5, 0.6) is 0 Å². The Morgan fingerprint density at radius 3 is 2.33 bits per heavy atom. The zero-order chi connectivity index (χ0) is 25.3. The van der Waals surface area contributed by atoms with Gasteiger partial charge in [0.15, 0.2) is 11.6 Å². The first-order chi connectivity index (χ1) is 17.3. The van der Waals surface area contributed by atoms with E-state index in [0.29, 0.717) is 30.7 Å². The normalized spacial score (nSPS) is 15.1. The third-order valence-electron chi connectivity index (χ3n) is 6.63. The van der Waals surface area contributed by atoms with Crippen molar-refractivity contribution in [1.29, 1.82) is 0 Å². The molecule has 2 aromatic carbocycles. The van der Waals surface area contributed by atoms with Crippen LogP contribution in [0.4, 0.5) is 23.4 Å². The summed E-state index contributed by atoms with van der Waals surface area (Å²) in [5.41, 5.74) is -0.232. The van der Waals surface area contributed by atoms with E-state index in [4.69, 9.17) is 0 Å². The van der Waals surface area contributed by atoms with Crippen LogP contribution < -0.4 is 4.90 Å². The summed E-state index contributed by atoms with van der Waals surface area (Å²) in [6.07, 6.45) is 0.227. The average Bonchev–Trinajstić information content (AvgIpc) is 2.89. The van der Waals surface area contributed by atoms with Gasteiger partial charge in [-0.15, -0.1) is 10.2 Å². The molecule has 1 saturated heterocycles.